The Morgan fingerprint density at radius 3 is 1.45 bits per heavy atom. The van der Waals surface area contributed by atoms with E-state index >= 15 is 0 Å². The maximum absolute atomic E-state index is 6.21. The summed E-state index contributed by atoms with van der Waals surface area (Å²) in [4.78, 5) is 8.85. The second kappa shape index (κ2) is 7.05. The molecule has 106 valence electrons. The third kappa shape index (κ3) is 3.50. The highest BCUT2D eigenvalue weighted by atomic mass is 35.5. The topological polar surface area (TPSA) is 25.8 Å². The molecule has 0 saturated heterocycles. The van der Waals surface area contributed by atoms with Crippen LogP contribution in [-0.2, 0) is 12.8 Å². The van der Waals surface area contributed by atoms with Gasteiger partial charge in [-0.1, -0.05) is 62.0 Å². The van der Waals surface area contributed by atoms with Gasteiger partial charge < -0.3 is 0 Å². The van der Waals surface area contributed by atoms with Gasteiger partial charge >= 0.3 is 0 Å². The molecule has 0 N–H and O–H groups in total. The van der Waals surface area contributed by atoms with E-state index in [2.05, 4.69) is 23.8 Å². The molecule has 4 heteroatoms. The number of halogens is 2. The summed E-state index contributed by atoms with van der Waals surface area (Å²) >= 11 is 12.4. The van der Waals surface area contributed by atoms with E-state index in [4.69, 9.17) is 23.2 Å². The molecule has 0 saturated carbocycles. The monoisotopic (exact) mass is 308 g/mol. The van der Waals surface area contributed by atoms with Crippen LogP contribution < -0.4 is 0 Å². The first-order valence-electron chi connectivity index (χ1n) is 6.97. The highest BCUT2D eigenvalue weighted by Gasteiger charge is 2.08. The Bertz CT molecular complexity index is 544. The molecule has 0 aliphatic heterocycles. The van der Waals surface area contributed by atoms with Gasteiger partial charge in [0.15, 0.2) is 0 Å². The summed E-state index contributed by atoms with van der Waals surface area (Å²) in [7, 11) is 0. The van der Waals surface area contributed by atoms with Crippen molar-refractivity contribution in [2.75, 3.05) is 0 Å². The average molecular weight is 309 g/mol. The lowest BCUT2D eigenvalue weighted by atomic mass is 10.1. The van der Waals surface area contributed by atoms with Crippen molar-refractivity contribution in [1.82, 2.24) is 9.97 Å². The third-order valence-corrected chi connectivity index (χ3v) is 3.81. The lowest BCUT2D eigenvalue weighted by Crippen LogP contribution is -1.95. The van der Waals surface area contributed by atoms with Crippen molar-refractivity contribution in [2.45, 2.75) is 39.5 Å². The molecule has 0 unspecified atom stereocenters. The summed E-state index contributed by atoms with van der Waals surface area (Å²) in [5.41, 5.74) is 3.68. The molecular formula is C16H18Cl2N2. The number of hydrogen-bond acceptors (Lipinski definition) is 2. The summed E-state index contributed by atoms with van der Waals surface area (Å²) in [6.07, 6.45) is 3.98. The number of aromatic nitrogens is 2. The van der Waals surface area contributed by atoms with Crippen LogP contribution in [0, 0.1) is 0 Å². The minimum Gasteiger partial charge on any atom is -0.234 e. The first kappa shape index (κ1) is 15.3. The molecule has 2 aromatic rings. The summed E-state index contributed by atoms with van der Waals surface area (Å²) in [6, 6.07) is 7.94. The number of nitrogens with zero attached hydrogens (tertiary/aromatic N) is 2. The summed E-state index contributed by atoms with van der Waals surface area (Å²) in [5, 5.41) is 1.11. The van der Waals surface area contributed by atoms with Gasteiger partial charge in [-0.25, -0.2) is 9.97 Å². The number of hydrogen-bond donors (Lipinski definition) is 0. The van der Waals surface area contributed by atoms with Gasteiger partial charge in [-0.3, -0.25) is 0 Å². The Kier molecular flexibility index (Phi) is 5.38. The van der Waals surface area contributed by atoms with Crippen LogP contribution in [0.5, 0.6) is 0 Å². The molecule has 0 amide bonds. The smallest absolute Gasteiger partial charge is 0.133 e. The maximum Gasteiger partial charge on any atom is 0.133 e. The van der Waals surface area contributed by atoms with Gasteiger partial charge in [0, 0.05) is 0 Å². The minimum absolute atomic E-state index is 0.555. The second-order valence-electron chi connectivity index (χ2n) is 4.79. The quantitative estimate of drug-likeness (QED) is 0.695. The van der Waals surface area contributed by atoms with Crippen LogP contribution in [0.3, 0.4) is 0 Å². The molecule has 0 spiro atoms. The van der Waals surface area contributed by atoms with Gasteiger partial charge in [0.2, 0.25) is 0 Å². The maximum atomic E-state index is 6.21. The number of aryl methyl sites for hydroxylation is 2. The van der Waals surface area contributed by atoms with Crippen LogP contribution in [0.2, 0.25) is 10.3 Å². The summed E-state index contributed by atoms with van der Waals surface area (Å²) in [5.74, 6) is 0. The van der Waals surface area contributed by atoms with E-state index in [9.17, 15) is 0 Å². The van der Waals surface area contributed by atoms with Crippen LogP contribution in [0.15, 0.2) is 24.3 Å². The normalized spacial score (nSPS) is 10.8. The van der Waals surface area contributed by atoms with Crippen molar-refractivity contribution in [3.63, 3.8) is 0 Å². The van der Waals surface area contributed by atoms with Crippen molar-refractivity contribution in [3.8, 4) is 11.4 Å². The molecule has 0 bridgehead atoms. The van der Waals surface area contributed by atoms with Crippen LogP contribution >= 0.6 is 23.2 Å². The van der Waals surface area contributed by atoms with Gasteiger partial charge in [0.1, 0.15) is 10.3 Å². The van der Waals surface area contributed by atoms with Gasteiger partial charge in [0.05, 0.1) is 11.4 Å². The molecule has 0 aliphatic carbocycles. The highest BCUT2D eigenvalue weighted by Crippen LogP contribution is 2.24. The fraction of sp³-hybridized carbons (Fsp3) is 0.375. The third-order valence-electron chi connectivity index (χ3n) is 3.15. The average Bonchev–Trinajstić information content (AvgIpc) is 2.44. The van der Waals surface area contributed by atoms with Gasteiger partial charge in [-0.15, -0.1) is 0 Å². The molecule has 20 heavy (non-hydrogen) atoms. The molecular weight excluding hydrogens is 291 g/mol. The number of pyridine rings is 2. The van der Waals surface area contributed by atoms with Crippen molar-refractivity contribution in [1.29, 1.82) is 0 Å². The van der Waals surface area contributed by atoms with Gasteiger partial charge in [-0.2, -0.15) is 0 Å². The molecule has 0 radical (unpaired) electrons. The minimum atomic E-state index is 0.555. The molecule has 2 heterocycles. The van der Waals surface area contributed by atoms with E-state index in [1.165, 1.54) is 0 Å². The Balaban J connectivity index is 2.32. The zero-order valence-electron chi connectivity index (χ0n) is 11.8. The Morgan fingerprint density at radius 1 is 0.750 bits per heavy atom. The molecule has 2 rings (SSSR count). The van der Waals surface area contributed by atoms with Crippen LogP contribution in [0.4, 0.5) is 0 Å². The van der Waals surface area contributed by atoms with E-state index in [0.29, 0.717) is 10.3 Å². The van der Waals surface area contributed by atoms with Crippen LogP contribution in [-0.4, -0.2) is 9.97 Å². The first-order chi connectivity index (χ1) is 9.65. The molecule has 0 fully saturated rings. The molecule has 2 nitrogen and oxygen atoms in total. The van der Waals surface area contributed by atoms with E-state index in [-0.39, 0.29) is 0 Å². The summed E-state index contributed by atoms with van der Waals surface area (Å²) < 4.78 is 0. The van der Waals surface area contributed by atoms with Crippen molar-refractivity contribution >= 4 is 23.2 Å². The van der Waals surface area contributed by atoms with Crippen LogP contribution in [0.1, 0.15) is 37.8 Å². The largest absolute Gasteiger partial charge is 0.234 e. The first-order valence-corrected chi connectivity index (χ1v) is 7.72. The van der Waals surface area contributed by atoms with Crippen molar-refractivity contribution in [3.05, 3.63) is 45.7 Å². The Hall–Kier alpha value is -1.12. The van der Waals surface area contributed by atoms with Gasteiger partial charge in [-0.05, 0) is 36.1 Å². The molecule has 2 aromatic heterocycles. The van der Waals surface area contributed by atoms with E-state index in [1.54, 1.807) is 0 Å². The van der Waals surface area contributed by atoms with E-state index < -0.39 is 0 Å². The highest BCUT2D eigenvalue weighted by molar-refractivity contribution is 6.30. The fourth-order valence-electron chi connectivity index (χ4n) is 2.12. The molecule has 0 atom stereocenters. The summed E-state index contributed by atoms with van der Waals surface area (Å²) in [6.45, 7) is 4.25. The Labute approximate surface area is 130 Å². The lowest BCUT2D eigenvalue weighted by molar-refractivity contribution is 0.911. The zero-order chi connectivity index (χ0) is 14.5. The Morgan fingerprint density at radius 2 is 1.15 bits per heavy atom. The SMILES string of the molecule is CCCc1ccc(-c2ccc(CCC)c(Cl)n2)nc1Cl. The zero-order valence-corrected chi connectivity index (χ0v) is 13.3. The predicted octanol–water partition coefficient (Wildman–Crippen LogP) is 5.36. The second-order valence-corrected chi connectivity index (χ2v) is 5.51. The van der Waals surface area contributed by atoms with E-state index in [0.717, 1.165) is 48.2 Å². The fourth-order valence-corrected chi connectivity index (χ4v) is 2.62. The van der Waals surface area contributed by atoms with Gasteiger partial charge in [0.25, 0.3) is 0 Å². The van der Waals surface area contributed by atoms with E-state index in [1.807, 2.05) is 24.3 Å². The lowest BCUT2D eigenvalue weighted by Gasteiger charge is -2.07. The molecule has 0 aromatic carbocycles. The van der Waals surface area contributed by atoms with Crippen molar-refractivity contribution in [2.24, 2.45) is 0 Å². The number of rotatable bonds is 5. The van der Waals surface area contributed by atoms with Crippen LogP contribution in [0.25, 0.3) is 11.4 Å². The standard InChI is InChI=1S/C16H18Cl2N2/c1-3-5-11-7-9-13(19-15(11)17)14-10-8-12(6-4-2)16(18)20-14/h7-10H,3-6H2,1-2H3. The predicted molar refractivity (Wildman–Crippen MR) is 85.5 cm³/mol. The molecule has 0 aliphatic rings. The van der Waals surface area contributed by atoms with Crippen molar-refractivity contribution < 1.29 is 0 Å².